The molecule has 0 aromatic rings. The van der Waals surface area contributed by atoms with Crippen LogP contribution in [0.15, 0.2) is 17.1 Å². The number of allylic oxidation sites excluding steroid dienone is 2. The zero-order valence-corrected chi connectivity index (χ0v) is 9.46. The molecule has 0 heterocycles. The molecule has 0 aromatic carbocycles. The fraction of sp³-hybridized carbons (Fsp3) is 0.750. The topological polar surface area (TPSA) is 12.4 Å². The van der Waals surface area contributed by atoms with Crippen LogP contribution in [0, 0.1) is 11.8 Å². The lowest BCUT2D eigenvalue weighted by Crippen LogP contribution is -2.22. The first-order valence-electron chi connectivity index (χ1n) is 5.24. The Morgan fingerprint density at radius 3 is 2.31 bits per heavy atom. The summed E-state index contributed by atoms with van der Waals surface area (Å²) >= 11 is 0. The number of hydrogen-bond acceptors (Lipinski definition) is 1. The Balaban J connectivity index is 4.28. The summed E-state index contributed by atoms with van der Waals surface area (Å²) in [5.41, 5.74) is 0. The quantitative estimate of drug-likeness (QED) is 0.437. The predicted octanol–water partition coefficient (Wildman–Crippen LogP) is 3.70. The second kappa shape index (κ2) is 6.88. The number of rotatable bonds is 6. The molecule has 0 radical (unpaired) electrons. The molecule has 0 saturated heterocycles. The highest BCUT2D eigenvalue weighted by Gasteiger charge is 2.20. The summed E-state index contributed by atoms with van der Waals surface area (Å²) in [6, 6.07) is 0.427. The summed E-state index contributed by atoms with van der Waals surface area (Å²) in [6.45, 7) is 12.5. The van der Waals surface area contributed by atoms with Crippen LogP contribution in [0.25, 0.3) is 0 Å². The van der Waals surface area contributed by atoms with Crippen LogP contribution in [0.3, 0.4) is 0 Å². The molecule has 2 atom stereocenters. The van der Waals surface area contributed by atoms with Crippen molar-refractivity contribution in [1.29, 1.82) is 0 Å². The lowest BCUT2D eigenvalue weighted by Gasteiger charge is -2.25. The van der Waals surface area contributed by atoms with Crippen LogP contribution in [0.4, 0.5) is 0 Å². The number of aliphatic imine (C=N–C) groups is 1. The van der Waals surface area contributed by atoms with Gasteiger partial charge in [0.05, 0.1) is 6.04 Å². The first-order valence-corrected chi connectivity index (χ1v) is 5.24. The van der Waals surface area contributed by atoms with Crippen LogP contribution < -0.4 is 0 Å². The fourth-order valence-corrected chi connectivity index (χ4v) is 1.73. The Morgan fingerprint density at radius 1 is 1.38 bits per heavy atom. The molecule has 0 aliphatic rings. The van der Waals surface area contributed by atoms with Crippen molar-refractivity contribution in [2.45, 2.75) is 46.6 Å². The Kier molecular flexibility index (Phi) is 6.56. The Bertz CT molecular complexity index is 159. The van der Waals surface area contributed by atoms with Gasteiger partial charge in [0.15, 0.2) is 0 Å². The van der Waals surface area contributed by atoms with Crippen LogP contribution in [-0.2, 0) is 0 Å². The van der Waals surface area contributed by atoms with E-state index in [1.165, 1.54) is 0 Å². The Hall–Kier alpha value is -0.590. The minimum absolute atomic E-state index is 0.427. The van der Waals surface area contributed by atoms with Gasteiger partial charge in [0.1, 0.15) is 0 Å². The molecule has 0 amide bonds. The highest BCUT2D eigenvalue weighted by molar-refractivity contribution is 5.24. The third kappa shape index (κ3) is 4.25. The molecule has 0 saturated carbocycles. The summed E-state index contributed by atoms with van der Waals surface area (Å²) in [7, 11) is 0. The molecule has 0 bridgehead atoms. The van der Waals surface area contributed by atoms with Crippen molar-refractivity contribution in [2.24, 2.45) is 16.8 Å². The molecule has 2 unspecified atom stereocenters. The predicted molar refractivity (Wildman–Crippen MR) is 61.4 cm³/mol. The van der Waals surface area contributed by atoms with Crippen molar-refractivity contribution in [3.63, 3.8) is 0 Å². The molecule has 0 aliphatic carbocycles. The molecule has 1 nitrogen and oxygen atoms in total. The zero-order chi connectivity index (χ0) is 10.3. The minimum Gasteiger partial charge on any atom is -0.297 e. The Morgan fingerprint density at radius 2 is 2.00 bits per heavy atom. The van der Waals surface area contributed by atoms with Gasteiger partial charge in [0, 0.05) is 0 Å². The van der Waals surface area contributed by atoms with Gasteiger partial charge in [-0.15, -0.1) is 0 Å². The fourth-order valence-electron chi connectivity index (χ4n) is 1.73. The summed E-state index contributed by atoms with van der Waals surface area (Å²) < 4.78 is 0. The van der Waals surface area contributed by atoms with Crippen molar-refractivity contribution in [3.05, 3.63) is 12.2 Å². The molecule has 0 spiro atoms. The van der Waals surface area contributed by atoms with Crippen LogP contribution in [0.2, 0.25) is 0 Å². The van der Waals surface area contributed by atoms with Crippen LogP contribution in [0.5, 0.6) is 0 Å². The van der Waals surface area contributed by atoms with E-state index < -0.39 is 0 Å². The molecule has 0 rings (SSSR count). The second-order valence-electron chi connectivity index (χ2n) is 3.87. The van der Waals surface area contributed by atoms with Gasteiger partial charge in [-0.1, -0.05) is 32.9 Å². The van der Waals surface area contributed by atoms with E-state index in [4.69, 9.17) is 0 Å². The van der Waals surface area contributed by atoms with Crippen LogP contribution in [-0.4, -0.2) is 12.8 Å². The molecule has 1 heteroatoms. The minimum atomic E-state index is 0.427. The van der Waals surface area contributed by atoms with Crippen molar-refractivity contribution < 1.29 is 0 Å². The summed E-state index contributed by atoms with van der Waals surface area (Å²) in [4.78, 5) is 4.20. The molecular weight excluding hydrogens is 158 g/mol. The number of hydrogen-bond donors (Lipinski definition) is 0. The highest BCUT2D eigenvalue weighted by atomic mass is 14.8. The molecule has 76 valence electrons. The maximum atomic E-state index is 4.20. The SMILES string of the molecule is C=NC(CC)C(C/C=C/C)C(C)C. The maximum Gasteiger partial charge on any atom is 0.0523 e. The van der Waals surface area contributed by atoms with Gasteiger partial charge in [-0.25, -0.2) is 0 Å². The Labute approximate surface area is 83.0 Å². The van der Waals surface area contributed by atoms with Gasteiger partial charge in [-0.05, 0) is 38.3 Å². The van der Waals surface area contributed by atoms with Crippen molar-refractivity contribution >= 4 is 6.72 Å². The van der Waals surface area contributed by atoms with Gasteiger partial charge in [0.2, 0.25) is 0 Å². The smallest absolute Gasteiger partial charge is 0.0523 e. The zero-order valence-electron chi connectivity index (χ0n) is 9.46. The third-order valence-electron chi connectivity index (χ3n) is 2.65. The second-order valence-corrected chi connectivity index (χ2v) is 3.87. The monoisotopic (exact) mass is 181 g/mol. The van der Waals surface area contributed by atoms with Gasteiger partial charge >= 0.3 is 0 Å². The summed E-state index contributed by atoms with van der Waals surface area (Å²) in [6.07, 6.45) is 6.58. The molecule has 13 heavy (non-hydrogen) atoms. The van der Waals surface area contributed by atoms with E-state index in [-0.39, 0.29) is 0 Å². The van der Waals surface area contributed by atoms with Crippen LogP contribution in [0.1, 0.15) is 40.5 Å². The van der Waals surface area contributed by atoms with Gasteiger partial charge in [-0.2, -0.15) is 0 Å². The van der Waals surface area contributed by atoms with E-state index in [0.29, 0.717) is 17.9 Å². The lowest BCUT2D eigenvalue weighted by atomic mass is 9.84. The van der Waals surface area contributed by atoms with E-state index in [1.807, 2.05) is 0 Å². The standard InChI is InChI=1S/C12H23N/c1-6-8-9-11(10(3)4)12(7-2)13-5/h6,8,10-12H,5,7,9H2,1-4H3/b8-6+. The van der Waals surface area contributed by atoms with E-state index in [2.05, 4.69) is 51.6 Å². The van der Waals surface area contributed by atoms with Crippen molar-refractivity contribution in [1.82, 2.24) is 0 Å². The van der Waals surface area contributed by atoms with E-state index in [0.717, 1.165) is 12.8 Å². The maximum absolute atomic E-state index is 4.20. The van der Waals surface area contributed by atoms with E-state index in [1.54, 1.807) is 0 Å². The molecule has 0 aromatic heterocycles. The molecule has 0 aliphatic heterocycles. The number of nitrogens with zero attached hydrogens (tertiary/aromatic N) is 1. The van der Waals surface area contributed by atoms with Crippen LogP contribution >= 0.6 is 0 Å². The molecule has 0 fully saturated rings. The molecule has 0 N–H and O–H groups in total. The van der Waals surface area contributed by atoms with E-state index >= 15 is 0 Å². The van der Waals surface area contributed by atoms with E-state index in [9.17, 15) is 0 Å². The lowest BCUT2D eigenvalue weighted by molar-refractivity contribution is 0.317. The van der Waals surface area contributed by atoms with Crippen molar-refractivity contribution in [3.8, 4) is 0 Å². The average molecular weight is 181 g/mol. The normalized spacial score (nSPS) is 16.4. The summed E-state index contributed by atoms with van der Waals surface area (Å²) in [5.74, 6) is 1.34. The summed E-state index contributed by atoms with van der Waals surface area (Å²) in [5, 5.41) is 0. The van der Waals surface area contributed by atoms with Gasteiger partial charge in [-0.3, -0.25) is 4.99 Å². The first-order chi connectivity index (χ1) is 6.17. The molecular formula is C12H23N. The van der Waals surface area contributed by atoms with Gasteiger partial charge < -0.3 is 0 Å². The van der Waals surface area contributed by atoms with Gasteiger partial charge in [0.25, 0.3) is 0 Å². The van der Waals surface area contributed by atoms with Crippen molar-refractivity contribution in [2.75, 3.05) is 0 Å². The highest BCUT2D eigenvalue weighted by Crippen LogP contribution is 2.24. The third-order valence-corrected chi connectivity index (χ3v) is 2.65. The largest absolute Gasteiger partial charge is 0.297 e. The average Bonchev–Trinajstić information content (AvgIpc) is 2.11. The first kappa shape index (κ1) is 12.4.